The van der Waals surface area contributed by atoms with Crippen LogP contribution in [0.4, 0.5) is 0 Å². The summed E-state index contributed by atoms with van der Waals surface area (Å²) < 4.78 is 0. The number of likely N-dealkylation sites (N-methyl/N-ethyl adjacent to an activating group) is 1. The molecular formula is C13H15NO3. The molecule has 0 bridgehead atoms. The van der Waals surface area contributed by atoms with Gasteiger partial charge in [-0.3, -0.25) is 9.59 Å². The Morgan fingerprint density at radius 1 is 1.41 bits per heavy atom. The van der Waals surface area contributed by atoms with Gasteiger partial charge in [0.05, 0.1) is 11.3 Å². The summed E-state index contributed by atoms with van der Waals surface area (Å²) >= 11 is 0. The van der Waals surface area contributed by atoms with Gasteiger partial charge in [-0.05, 0) is 18.9 Å². The van der Waals surface area contributed by atoms with Crippen LogP contribution >= 0.6 is 0 Å². The van der Waals surface area contributed by atoms with Crippen molar-refractivity contribution in [3.05, 3.63) is 35.9 Å². The van der Waals surface area contributed by atoms with Crippen molar-refractivity contribution in [2.75, 3.05) is 6.54 Å². The predicted molar refractivity (Wildman–Crippen MR) is 62.5 cm³/mol. The molecular weight excluding hydrogens is 218 g/mol. The number of hydrogen-bond donors (Lipinski definition) is 2. The minimum absolute atomic E-state index is 0.182. The fourth-order valence-corrected chi connectivity index (χ4v) is 2.32. The van der Waals surface area contributed by atoms with Crippen LogP contribution in [0.1, 0.15) is 18.9 Å². The molecule has 1 amide bonds. The third-order valence-electron chi connectivity index (χ3n) is 3.29. The van der Waals surface area contributed by atoms with Crippen LogP contribution in [0.15, 0.2) is 30.3 Å². The van der Waals surface area contributed by atoms with E-state index >= 15 is 0 Å². The number of hydrogen-bond acceptors (Lipinski definition) is 2. The fraction of sp³-hybridized carbons (Fsp3) is 0.385. The molecule has 2 N–H and O–H groups in total. The van der Waals surface area contributed by atoms with E-state index in [9.17, 15) is 9.59 Å². The molecule has 2 unspecified atom stereocenters. The van der Waals surface area contributed by atoms with Crippen molar-refractivity contribution >= 4 is 11.9 Å². The van der Waals surface area contributed by atoms with Gasteiger partial charge in [0.2, 0.25) is 5.91 Å². The molecule has 0 heterocycles. The molecule has 0 spiro atoms. The lowest BCUT2D eigenvalue weighted by molar-refractivity contribution is -0.140. The van der Waals surface area contributed by atoms with E-state index in [1.165, 1.54) is 0 Å². The Morgan fingerprint density at radius 3 is 2.53 bits per heavy atom. The number of carbonyl (C=O) groups is 2. The van der Waals surface area contributed by atoms with Crippen molar-refractivity contribution in [1.82, 2.24) is 5.32 Å². The summed E-state index contributed by atoms with van der Waals surface area (Å²) in [4.78, 5) is 23.1. The second kappa shape index (κ2) is 4.20. The minimum Gasteiger partial charge on any atom is -0.481 e. The molecule has 0 radical (unpaired) electrons. The first-order valence-electron chi connectivity index (χ1n) is 5.69. The topological polar surface area (TPSA) is 66.4 Å². The molecule has 2 atom stereocenters. The second-order valence-electron chi connectivity index (χ2n) is 4.29. The Bertz CT molecular complexity index is 443. The number of aliphatic carboxylic acids is 1. The van der Waals surface area contributed by atoms with E-state index in [2.05, 4.69) is 5.32 Å². The van der Waals surface area contributed by atoms with E-state index < -0.39 is 17.3 Å². The molecule has 1 fully saturated rings. The molecule has 0 saturated heterocycles. The minimum atomic E-state index is -0.903. The maximum Gasteiger partial charge on any atom is 0.307 e. The van der Waals surface area contributed by atoms with Gasteiger partial charge in [0.1, 0.15) is 0 Å². The van der Waals surface area contributed by atoms with Gasteiger partial charge >= 0.3 is 5.97 Å². The highest BCUT2D eigenvalue weighted by molar-refractivity contribution is 5.98. The van der Waals surface area contributed by atoms with E-state index in [1.807, 2.05) is 37.3 Å². The van der Waals surface area contributed by atoms with Crippen molar-refractivity contribution in [3.8, 4) is 0 Å². The Hall–Kier alpha value is -1.84. The zero-order valence-corrected chi connectivity index (χ0v) is 9.64. The van der Waals surface area contributed by atoms with E-state index in [0.717, 1.165) is 5.56 Å². The van der Waals surface area contributed by atoms with E-state index in [-0.39, 0.29) is 5.91 Å². The van der Waals surface area contributed by atoms with Gasteiger partial charge in [0.25, 0.3) is 0 Å². The number of nitrogens with one attached hydrogen (secondary N) is 1. The highest BCUT2D eigenvalue weighted by Gasteiger charge is 2.64. The summed E-state index contributed by atoms with van der Waals surface area (Å²) in [7, 11) is 0. The van der Waals surface area contributed by atoms with Crippen LogP contribution in [0, 0.1) is 5.92 Å². The summed E-state index contributed by atoms with van der Waals surface area (Å²) in [5, 5.41) is 11.8. The Balaban J connectivity index is 2.34. The van der Waals surface area contributed by atoms with Gasteiger partial charge in [-0.1, -0.05) is 30.3 Å². The van der Waals surface area contributed by atoms with Gasteiger partial charge < -0.3 is 10.4 Å². The third kappa shape index (κ3) is 1.79. The number of carbonyl (C=O) groups excluding carboxylic acids is 1. The van der Waals surface area contributed by atoms with Crippen molar-refractivity contribution in [2.24, 2.45) is 5.92 Å². The van der Waals surface area contributed by atoms with Crippen LogP contribution < -0.4 is 5.32 Å². The Labute approximate surface area is 99.6 Å². The predicted octanol–water partition coefficient (Wildman–Crippen LogP) is 1.17. The number of carboxylic acids is 1. The molecule has 17 heavy (non-hydrogen) atoms. The maximum atomic E-state index is 12.1. The lowest BCUT2D eigenvalue weighted by Gasteiger charge is -2.16. The highest BCUT2D eigenvalue weighted by atomic mass is 16.4. The number of rotatable bonds is 4. The van der Waals surface area contributed by atoms with E-state index in [1.54, 1.807) is 0 Å². The van der Waals surface area contributed by atoms with Crippen LogP contribution in [-0.2, 0) is 15.0 Å². The summed E-state index contributed by atoms with van der Waals surface area (Å²) in [6.45, 7) is 2.34. The molecule has 0 aromatic heterocycles. The monoisotopic (exact) mass is 233 g/mol. The van der Waals surface area contributed by atoms with Gasteiger partial charge in [0.15, 0.2) is 0 Å². The number of amides is 1. The van der Waals surface area contributed by atoms with Crippen molar-refractivity contribution in [3.63, 3.8) is 0 Å². The van der Waals surface area contributed by atoms with Gasteiger partial charge in [-0.15, -0.1) is 0 Å². The molecule has 1 saturated carbocycles. The second-order valence-corrected chi connectivity index (χ2v) is 4.29. The quantitative estimate of drug-likeness (QED) is 0.820. The molecule has 1 aliphatic carbocycles. The van der Waals surface area contributed by atoms with Gasteiger partial charge in [-0.25, -0.2) is 0 Å². The Morgan fingerprint density at radius 2 is 2.06 bits per heavy atom. The average molecular weight is 233 g/mol. The van der Waals surface area contributed by atoms with E-state index in [0.29, 0.717) is 13.0 Å². The van der Waals surface area contributed by atoms with Crippen LogP contribution in [0.2, 0.25) is 0 Å². The molecule has 90 valence electrons. The summed E-state index contributed by atoms with van der Waals surface area (Å²) in [5.74, 6) is -1.69. The first-order chi connectivity index (χ1) is 8.13. The van der Waals surface area contributed by atoms with Crippen LogP contribution in [0.3, 0.4) is 0 Å². The fourth-order valence-electron chi connectivity index (χ4n) is 2.32. The summed E-state index contributed by atoms with van der Waals surface area (Å²) in [5.41, 5.74) is -0.0679. The van der Waals surface area contributed by atoms with Crippen LogP contribution in [0.5, 0.6) is 0 Å². The Kier molecular flexibility index (Phi) is 2.88. The number of carboxylic acid groups (broad SMARTS) is 1. The standard InChI is InChI=1S/C13H15NO3/c1-2-14-12(17)13(8-10(13)11(15)16)9-6-4-3-5-7-9/h3-7,10H,2,8H2,1H3,(H,14,17)(H,15,16). The molecule has 1 aromatic carbocycles. The summed E-state index contributed by atoms with van der Waals surface area (Å²) in [6.07, 6.45) is 0.387. The molecule has 1 aliphatic rings. The molecule has 0 aliphatic heterocycles. The van der Waals surface area contributed by atoms with Gasteiger partial charge in [0, 0.05) is 6.54 Å². The SMILES string of the molecule is CCNC(=O)C1(c2ccccc2)CC1C(=O)O. The largest absolute Gasteiger partial charge is 0.481 e. The zero-order chi connectivity index (χ0) is 12.5. The lowest BCUT2D eigenvalue weighted by Crippen LogP contribution is -2.37. The first-order valence-corrected chi connectivity index (χ1v) is 5.69. The number of benzene rings is 1. The first kappa shape index (κ1) is 11.6. The average Bonchev–Trinajstić information content (AvgIpc) is 3.07. The molecule has 1 aromatic rings. The third-order valence-corrected chi connectivity index (χ3v) is 3.29. The smallest absolute Gasteiger partial charge is 0.307 e. The van der Waals surface area contributed by atoms with Crippen LogP contribution in [-0.4, -0.2) is 23.5 Å². The van der Waals surface area contributed by atoms with Crippen molar-refractivity contribution in [1.29, 1.82) is 0 Å². The molecule has 4 nitrogen and oxygen atoms in total. The maximum absolute atomic E-state index is 12.1. The van der Waals surface area contributed by atoms with Gasteiger partial charge in [-0.2, -0.15) is 0 Å². The molecule has 2 rings (SSSR count). The summed E-state index contributed by atoms with van der Waals surface area (Å²) in [6, 6.07) is 9.14. The zero-order valence-electron chi connectivity index (χ0n) is 9.64. The van der Waals surface area contributed by atoms with Crippen molar-refractivity contribution in [2.45, 2.75) is 18.8 Å². The normalized spacial score (nSPS) is 26.3. The lowest BCUT2D eigenvalue weighted by atomic mass is 9.92. The highest BCUT2D eigenvalue weighted by Crippen LogP contribution is 2.54. The molecule has 4 heteroatoms. The van der Waals surface area contributed by atoms with Crippen molar-refractivity contribution < 1.29 is 14.7 Å². The van der Waals surface area contributed by atoms with Crippen LogP contribution in [0.25, 0.3) is 0 Å². The van der Waals surface area contributed by atoms with E-state index in [4.69, 9.17) is 5.11 Å².